The van der Waals surface area contributed by atoms with Crippen molar-refractivity contribution in [1.29, 1.82) is 0 Å². The molecule has 0 heterocycles. The van der Waals surface area contributed by atoms with Crippen LogP contribution in [-0.4, -0.2) is 30.3 Å². The number of amides is 1. The Morgan fingerprint density at radius 3 is 2.74 bits per heavy atom. The molecule has 0 aromatic rings. The fourth-order valence-electron chi connectivity index (χ4n) is 2.27. The maximum absolute atomic E-state index is 10.2. The number of aliphatic hydroxyl groups is 1. The fourth-order valence-corrected chi connectivity index (χ4v) is 2.27. The van der Waals surface area contributed by atoms with Gasteiger partial charge < -0.3 is 10.4 Å². The Morgan fingerprint density at radius 1 is 1.37 bits per heavy atom. The number of aliphatic hydroxyl groups excluding tert-OH is 1. The molecule has 0 aliphatic heterocycles. The van der Waals surface area contributed by atoms with Crippen molar-refractivity contribution in [1.82, 2.24) is 10.6 Å². The molecular formula is C15H24N2O2. The van der Waals surface area contributed by atoms with E-state index >= 15 is 0 Å². The molecule has 0 spiro atoms. The summed E-state index contributed by atoms with van der Waals surface area (Å²) in [6.45, 7) is 4.11. The number of hydrogen-bond acceptors (Lipinski definition) is 3. The minimum absolute atomic E-state index is 0.387. The lowest BCUT2D eigenvalue weighted by Gasteiger charge is -2.26. The van der Waals surface area contributed by atoms with E-state index in [0.717, 1.165) is 18.4 Å². The summed E-state index contributed by atoms with van der Waals surface area (Å²) in [4.78, 5) is 10.1. The van der Waals surface area contributed by atoms with Crippen LogP contribution in [0.2, 0.25) is 0 Å². The summed E-state index contributed by atoms with van der Waals surface area (Å²) in [6, 6.07) is 0.387. The molecule has 0 radical (unpaired) electrons. The highest BCUT2D eigenvalue weighted by atomic mass is 16.3. The molecule has 3 N–H and O–H groups in total. The lowest BCUT2D eigenvalue weighted by atomic mass is 9.95. The summed E-state index contributed by atoms with van der Waals surface area (Å²) in [7, 11) is 0. The van der Waals surface area contributed by atoms with Gasteiger partial charge in [-0.15, -0.1) is 0 Å². The molecule has 1 unspecified atom stereocenters. The van der Waals surface area contributed by atoms with Crippen LogP contribution in [0.25, 0.3) is 0 Å². The Kier molecular flexibility index (Phi) is 7.86. The number of rotatable bonds is 8. The molecule has 1 aliphatic carbocycles. The molecule has 1 rings (SSSR count). The number of carbonyl (C=O) groups is 1. The Bertz CT molecular complexity index is 331. The van der Waals surface area contributed by atoms with Crippen molar-refractivity contribution in [3.8, 4) is 0 Å². The van der Waals surface area contributed by atoms with Crippen LogP contribution in [0, 0.1) is 0 Å². The van der Waals surface area contributed by atoms with Crippen molar-refractivity contribution in [2.45, 2.75) is 44.4 Å². The van der Waals surface area contributed by atoms with Gasteiger partial charge in [0.1, 0.15) is 6.23 Å². The second-order valence-electron chi connectivity index (χ2n) is 4.73. The van der Waals surface area contributed by atoms with Crippen LogP contribution in [0.5, 0.6) is 0 Å². The lowest BCUT2D eigenvalue weighted by Crippen LogP contribution is -2.40. The summed E-state index contributed by atoms with van der Waals surface area (Å²) in [5, 5.41) is 16.0. The molecule has 1 atom stereocenters. The molecule has 1 amide bonds. The van der Waals surface area contributed by atoms with Gasteiger partial charge in [0.25, 0.3) is 0 Å². The van der Waals surface area contributed by atoms with Crippen LogP contribution >= 0.6 is 0 Å². The largest absolute Gasteiger partial charge is 0.374 e. The first-order valence-corrected chi connectivity index (χ1v) is 6.88. The summed E-state index contributed by atoms with van der Waals surface area (Å²) in [6.07, 6.45) is 13.0. The number of carbonyl (C=O) groups excluding carboxylic acids is 1. The Labute approximate surface area is 115 Å². The Morgan fingerprint density at radius 2 is 2.11 bits per heavy atom. The summed E-state index contributed by atoms with van der Waals surface area (Å²) in [5.74, 6) is 0. The predicted molar refractivity (Wildman–Crippen MR) is 77.5 cm³/mol. The van der Waals surface area contributed by atoms with Gasteiger partial charge in [0.2, 0.25) is 6.41 Å². The molecule has 0 bridgehead atoms. The van der Waals surface area contributed by atoms with Crippen molar-refractivity contribution < 1.29 is 9.90 Å². The van der Waals surface area contributed by atoms with E-state index in [1.54, 1.807) is 24.3 Å². The minimum Gasteiger partial charge on any atom is -0.374 e. The first-order chi connectivity index (χ1) is 9.27. The molecule has 1 aliphatic rings. The van der Waals surface area contributed by atoms with Crippen LogP contribution in [0.1, 0.15) is 32.1 Å². The summed E-state index contributed by atoms with van der Waals surface area (Å²) < 4.78 is 0. The third-order valence-corrected chi connectivity index (χ3v) is 3.25. The van der Waals surface area contributed by atoms with Gasteiger partial charge in [-0.2, -0.15) is 0 Å². The number of nitrogens with one attached hydrogen (secondary N) is 2. The van der Waals surface area contributed by atoms with E-state index in [4.69, 9.17) is 0 Å². The standard InChI is InChI=1S/C15H24N2O2/c1-2-7-13(8-6-11-16-12-18)15(19)17-14-9-4-3-5-10-14/h2,6-8,12,14-15,17,19H,1,3-5,9-11H2,(H,16,18)/b8-6-,13-7+. The Balaban J connectivity index is 2.49. The van der Waals surface area contributed by atoms with Crippen molar-refractivity contribution >= 4 is 6.41 Å². The van der Waals surface area contributed by atoms with Crippen molar-refractivity contribution in [2.24, 2.45) is 0 Å². The molecule has 19 heavy (non-hydrogen) atoms. The molecule has 0 aromatic carbocycles. The number of hydrogen-bond donors (Lipinski definition) is 3. The molecular weight excluding hydrogens is 240 g/mol. The van der Waals surface area contributed by atoms with Crippen molar-refractivity contribution in [3.63, 3.8) is 0 Å². The minimum atomic E-state index is -0.686. The second-order valence-corrected chi connectivity index (χ2v) is 4.73. The van der Waals surface area contributed by atoms with E-state index < -0.39 is 6.23 Å². The summed E-state index contributed by atoms with van der Waals surface area (Å²) >= 11 is 0. The van der Waals surface area contributed by atoms with Gasteiger partial charge in [-0.1, -0.05) is 50.1 Å². The highest BCUT2D eigenvalue weighted by molar-refractivity contribution is 5.46. The van der Waals surface area contributed by atoms with E-state index in [-0.39, 0.29) is 0 Å². The highest BCUT2D eigenvalue weighted by Crippen LogP contribution is 2.18. The van der Waals surface area contributed by atoms with Gasteiger partial charge >= 0.3 is 0 Å². The molecule has 106 valence electrons. The second kappa shape index (κ2) is 9.53. The molecule has 1 saturated carbocycles. The Hall–Kier alpha value is -1.39. The molecule has 4 nitrogen and oxygen atoms in total. The quantitative estimate of drug-likeness (QED) is 0.270. The average molecular weight is 264 g/mol. The SMILES string of the molecule is C=C/C=C(\C=C/CNC=O)C(O)NC1CCCCC1. The third-order valence-electron chi connectivity index (χ3n) is 3.25. The molecule has 4 heteroatoms. The molecule has 1 fully saturated rings. The fraction of sp³-hybridized carbons (Fsp3) is 0.533. The van der Waals surface area contributed by atoms with E-state index in [0.29, 0.717) is 19.0 Å². The predicted octanol–water partition coefficient (Wildman–Crippen LogP) is 1.64. The third kappa shape index (κ3) is 6.36. The summed E-state index contributed by atoms with van der Waals surface area (Å²) in [5.41, 5.74) is 0.758. The highest BCUT2D eigenvalue weighted by Gasteiger charge is 2.17. The molecule has 0 saturated heterocycles. The van der Waals surface area contributed by atoms with Crippen molar-refractivity contribution in [2.75, 3.05) is 6.54 Å². The van der Waals surface area contributed by atoms with Crippen LogP contribution < -0.4 is 10.6 Å². The number of allylic oxidation sites excluding steroid dienone is 2. The lowest BCUT2D eigenvalue weighted by molar-refractivity contribution is -0.109. The van der Waals surface area contributed by atoms with Crippen LogP contribution in [-0.2, 0) is 4.79 Å². The normalized spacial score (nSPS) is 19.3. The van der Waals surface area contributed by atoms with Gasteiger partial charge in [0, 0.05) is 12.6 Å². The van der Waals surface area contributed by atoms with Gasteiger partial charge in [0.15, 0.2) is 0 Å². The maximum Gasteiger partial charge on any atom is 0.207 e. The van der Waals surface area contributed by atoms with Crippen LogP contribution in [0.3, 0.4) is 0 Å². The van der Waals surface area contributed by atoms with Crippen LogP contribution in [0.15, 0.2) is 36.5 Å². The van der Waals surface area contributed by atoms with E-state index in [1.807, 2.05) is 0 Å². The molecule has 0 aromatic heterocycles. The topological polar surface area (TPSA) is 61.4 Å². The van der Waals surface area contributed by atoms with Gasteiger partial charge in [-0.05, 0) is 18.4 Å². The maximum atomic E-state index is 10.2. The monoisotopic (exact) mass is 264 g/mol. The zero-order chi connectivity index (χ0) is 13.9. The zero-order valence-electron chi connectivity index (χ0n) is 11.3. The van der Waals surface area contributed by atoms with E-state index in [1.165, 1.54) is 19.3 Å². The van der Waals surface area contributed by atoms with Gasteiger partial charge in [-0.25, -0.2) is 0 Å². The van der Waals surface area contributed by atoms with Crippen molar-refractivity contribution in [3.05, 3.63) is 36.5 Å². The first-order valence-electron chi connectivity index (χ1n) is 6.88. The van der Waals surface area contributed by atoms with Gasteiger partial charge in [0.05, 0.1) is 0 Å². The van der Waals surface area contributed by atoms with E-state index in [9.17, 15) is 9.90 Å². The van der Waals surface area contributed by atoms with Gasteiger partial charge in [-0.3, -0.25) is 10.1 Å². The smallest absolute Gasteiger partial charge is 0.207 e. The average Bonchev–Trinajstić information content (AvgIpc) is 2.43. The van der Waals surface area contributed by atoms with E-state index in [2.05, 4.69) is 17.2 Å². The first kappa shape index (κ1) is 15.7. The zero-order valence-corrected chi connectivity index (χ0v) is 11.3. The van der Waals surface area contributed by atoms with Crippen LogP contribution in [0.4, 0.5) is 0 Å².